The minimum absolute atomic E-state index is 0.258. The third-order valence-corrected chi connectivity index (χ3v) is 2.07. The maximum absolute atomic E-state index is 10.8. The molecule has 0 aromatic heterocycles. The maximum Gasteiger partial charge on any atom is 0.302 e. The first kappa shape index (κ1) is 13.2. The van der Waals surface area contributed by atoms with Crippen LogP contribution in [0.3, 0.4) is 0 Å². The zero-order chi connectivity index (χ0) is 12.7. The van der Waals surface area contributed by atoms with Crippen molar-refractivity contribution in [1.29, 1.82) is 0 Å². The zero-order valence-corrected chi connectivity index (χ0v) is 10.6. The Bertz CT molecular complexity index is 423. The lowest BCUT2D eigenvalue weighted by molar-refractivity contribution is -0.139. The summed E-state index contributed by atoms with van der Waals surface area (Å²) in [6.45, 7) is 5.78. The van der Waals surface area contributed by atoms with Gasteiger partial charge >= 0.3 is 5.97 Å². The summed E-state index contributed by atoms with van der Waals surface area (Å²) in [5, 5.41) is 0. The van der Waals surface area contributed by atoms with E-state index >= 15 is 0 Å². The maximum atomic E-state index is 10.8. The third-order valence-electron chi connectivity index (χ3n) is 2.07. The Hall–Kier alpha value is -1.83. The quantitative estimate of drug-likeness (QED) is 0.583. The molecule has 0 aliphatic rings. The Kier molecular flexibility index (Phi) is 5.21. The zero-order valence-electron chi connectivity index (χ0n) is 10.6. The summed E-state index contributed by atoms with van der Waals surface area (Å²) in [7, 11) is 0. The van der Waals surface area contributed by atoms with Gasteiger partial charge < -0.3 is 4.74 Å². The predicted molar refractivity (Wildman–Crippen MR) is 70.5 cm³/mol. The van der Waals surface area contributed by atoms with Crippen LogP contribution in [-0.2, 0) is 9.53 Å². The molecule has 1 rings (SSSR count). The molecule has 17 heavy (non-hydrogen) atoms. The van der Waals surface area contributed by atoms with Gasteiger partial charge in [0.05, 0.1) is 0 Å². The van der Waals surface area contributed by atoms with Crippen molar-refractivity contribution in [3.63, 3.8) is 0 Å². The first-order valence-corrected chi connectivity index (χ1v) is 5.62. The second-order valence-electron chi connectivity index (χ2n) is 4.13. The molecule has 0 N–H and O–H groups in total. The fourth-order valence-electron chi connectivity index (χ4n) is 1.44. The minimum atomic E-state index is -0.258. The molecule has 0 heterocycles. The number of hydrogen-bond donors (Lipinski definition) is 0. The molecule has 0 spiro atoms. The highest BCUT2D eigenvalue weighted by Crippen LogP contribution is 2.10. The summed E-state index contributed by atoms with van der Waals surface area (Å²) in [4.78, 5) is 10.8. The molecule has 0 aliphatic carbocycles. The van der Waals surface area contributed by atoms with E-state index in [9.17, 15) is 4.79 Å². The normalized spacial score (nSPS) is 10.9. The molecule has 1 aromatic rings. The predicted octanol–water partition coefficient (Wildman–Crippen LogP) is 3.60. The van der Waals surface area contributed by atoms with Crippen molar-refractivity contribution in [3.05, 3.63) is 53.1 Å². The lowest BCUT2D eigenvalue weighted by Crippen LogP contribution is -2.02. The number of carbonyl (C=O) groups excluding carboxylic acids is 1. The van der Waals surface area contributed by atoms with Gasteiger partial charge in [0.25, 0.3) is 0 Å². The lowest BCUT2D eigenvalue weighted by atomic mass is 10.1. The van der Waals surface area contributed by atoms with Gasteiger partial charge in [-0.1, -0.05) is 42.0 Å². The molecule has 0 fully saturated rings. The van der Waals surface area contributed by atoms with Crippen LogP contribution >= 0.6 is 0 Å². The summed E-state index contributed by atoms with van der Waals surface area (Å²) in [6, 6.07) is 9.98. The molecule has 2 heteroatoms. The smallest absolute Gasteiger partial charge is 0.302 e. The van der Waals surface area contributed by atoms with Gasteiger partial charge in [0.15, 0.2) is 0 Å². The van der Waals surface area contributed by atoms with E-state index in [1.54, 1.807) is 0 Å². The van der Waals surface area contributed by atoms with E-state index in [4.69, 9.17) is 4.74 Å². The van der Waals surface area contributed by atoms with Crippen LogP contribution in [0.4, 0.5) is 0 Å². The van der Waals surface area contributed by atoms with Gasteiger partial charge in [-0.05, 0) is 31.1 Å². The fourth-order valence-corrected chi connectivity index (χ4v) is 1.44. The topological polar surface area (TPSA) is 26.3 Å². The molecule has 2 nitrogen and oxygen atoms in total. The number of esters is 1. The van der Waals surface area contributed by atoms with Gasteiger partial charge in [0.1, 0.15) is 6.61 Å². The Morgan fingerprint density at radius 3 is 2.35 bits per heavy atom. The Morgan fingerprint density at radius 2 is 1.82 bits per heavy atom. The fraction of sp³-hybridized carbons (Fsp3) is 0.267. The average molecular weight is 230 g/mol. The molecule has 0 saturated heterocycles. The number of hydrogen-bond acceptors (Lipinski definition) is 2. The van der Waals surface area contributed by atoms with Crippen molar-refractivity contribution in [2.75, 3.05) is 6.61 Å². The minimum Gasteiger partial charge on any atom is -0.461 e. The Labute approximate surface area is 103 Å². The monoisotopic (exact) mass is 230 g/mol. The van der Waals surface area contributed by atoms with Crippen LogP contribution in [0.1, 0.15) is 26.3 Å². The van der Waals surface area contributed by atoms with Crippen LogP contribution in [0.15, 0.2) is 47.6 Å². The van der Waals surface area contributed by atoms with Crippen molar-refractivity contribution in [2.45, 2.75) is 20.8 Å². The first-order valence-electron chi connectivity index (χ1n) is 5.62. The molecular formula is C15H18O2. The van der Waals surface area contributed by atoms with E-state index in [0.29, 0.717) is 6.61 Å². The Morgan fingerprint density at radius 1 is 1.18 bits per heavy atom. The van der Waals surface area contributed by atoms with Crippen molar-refractivity contribution in [2.24, 2.45) is 0 Å². The van der Waals surface area contributed by atoms with Gasteiger partial charge in [-0.2, -0.15) is 0 Å². The van der Waals surface area contributed by atoms with Gasteiger partial charge in [-0.15, -0.1) is 0 Å². The highest BCUT2D eigenvalue weighted by atomic mass is 16.5. The number of allylic oxidation sites excluding steroid dienone is 1. The summed E-state index contributed by atoms with van der Waals surface area (Å²) in [5.41, 5.74) is 3.28. The van der Waals surface area contributed by atoms with Crippen LogP contribution in [0.25, 0.3) is 6.08 Å². The van der Waals surface area contributed by atoms with E-state index in [1.165, 1.54) is 12.5 Å². The molecule has 90 valence electrons. The second kappa shape index (κ2) is 6.69. The van der Waals surface area contributed by atoms with Crippen molar-refractivity contribution >= 4 is 12.0 Å². The highest BCUT2D eigenvalue weighted by Gasteiger charge is 1.98. The number of ether oxygens (including phenoxy) is 1. The molecule has 0 amide bonds. The summed E-state index contributed by atoms with van der Waals surface area (Å²) >= 11 is 0. The average Bonchev–Trinajstić information content (AvgIpc) is 2.26. The Balaban J connectivity index is 2.86. The van der Waals surface area contributed by atoms with E-state index in [-0.39, 0.29) is 5.97 Å². The summed E-state index contributed by atoms with van der Waals surface area (Å²) < 4.78 is 5.03. The van der Waals surface area contributed by atoms with Gasteiger partial charge in [0.2, 0.25) is 0 Å². The van der Waals surface area contributed by atoms with Gasteiger partial charge in [-0.3, -0.25) is 4.79 Å². The molecule has 0 saturated carbocycles. The van der Waals surface area contributed by atoms with E-state index in [1.807, 2.05) is 56.3 Å². The van der Waals surface area contributed by atoms with Gasteiger partial charge in [0, 0.05) is 6.92 Å². The largest absolute Gasteiger partial charge is 0.461 e. The van der Waals surface area contributed by atoms with Crippen molar-refractivity contribution in [1.82, 2.24) is 0 Å². The van der Waals surface area contributed by atoms with Crippen LogP contribution in [-0.4, -0.2) is 12.6 Å². The van der Waals surface area contributed by atoms with Crippen LogP contribution < -0.4 is 0 Å². The molecule has 1 aromatic carbocycles. The van der Waals surface area contributed by atoms with Crippen LogP contribution in [0.2, 0.25) is 0 Å². The molecule has 0 aliphatic heterocycles. The number of carbonyl (C=O) groups is 1. The van der Waals surface area contributed by atoms with Crippen molar-refractivity contribution < 1.29 is 9.53 Å². The van der Waals surface area contributed by atoms with Crippen LogP contribution in [0.5, 0.6) is 0 Å². The molecule has 0 radical (unpaired) electrons. The summed E-state index contributed by atoms with van der Waals surface area (Å²) in [6.07, 6.45) is 4.05. The van der Waals surface area contributed by atoms with Crippen molar-refractivity contribution in [3.8, 4) is 0 Å². The van der Waals surface area contributed by atoms with E-state index in [0.717, 1.165) is 11.1 Å². The second-order valence-corrected chi connectivity index (χ2v) is 4.13. The standard InChI is InChI=1S/C15H18O2/c1-12(2)9-15(11-17-13(3)16)10-14-7-5-4-6-8-14/h4-10H,11H2,1-3H3/b15-10+. The van der Waals surface area contributed by atoms with E-state index < -0.39 is 0 Å². The molecule has 0 bridgehead atoms. The van der Waals surface area contributed by atoms with Gasteiger partial charge in [-0.25, -0.2) is 0 Å². The SMILES string of the molecule is CC(=O)OC/C(C=C(C)C)=C/c1ccccc1. The van der Waals surface area contributed by atoms with E-state index in [2.05, 4.69) is 0 Å². The molecule has 0 unspecified atom stereocenters. The number of rotatable bonds is 4. The molecular weight excluding hydrogens is 212 g/mol. The lowest BCUT2D eigenvalue weighted by Gasteiger charge is -2.04. The first-order chi connectivity index (χ1) is 8.08. The van der Waals surface area contributed by atoms with Crippen LogP contribution in [0, 0.1) is 0 Å². The summed E-state index contributed by atoms with van der Waals surface area (Å²) in [5.74, 6) is -0.258. The molecule has 0 atom stereocenters. The number of benzene rings is 1. The highest BCUT2D eigenvalue weighted by molar-refractivity contribution is 5.67. The third kappa shape index (κ3) is 5.71.